The smallest absolute Gasteiger partial charge is 0.198 e. The van der Waals surface area contributed by atoms with Crippen LogP contribution >= 0.6 is 15.9 Å². The minimum absolute atomic E-state index is 0.119. The number of hydrogen-bond donors (Lipinski definition) is 0. The lowest BCUT2D eigenvalue weighted by Gasteiger charge is -2.06. The highest BCUT2D eigenvalue weighted by Gasteiger charge is 2.18. The number of ketones is 1. The molecular weight excluding hydrogens is 302 g/mol. The van der Waals surface area contributed by atoms with Crippen molar-refractivity contribution in [3.05, 3.63) is 69.2 Å². The third-order valence-corrected chi connectivity index (χ3v) is 3.10. The van der Waals surface area contributed by atoms with Crippen LogP contribution < -0.4 is 0 Å². The van der Waals surface area contributed by atoms with Gasteiger partial charge in [-0.05, 0) is 36.8 Å². The van der Waals surface area contributed by atoms with E-state index in [4.69, 9.17) is 0 Å². The molecule has 0 bridgehead atoms. The zero-order valence-electron chi connectivity index (χ0n) is 9.51. The number of aryl methyl sites for hydroxylation is 1. The molecule has 0 aromatic heterocycles. The molecule has 0 radical (unpaired) electrons. The van der Waals surface area contributed by atoms with Crippen LogP contribution in [0.3, 0.4) is 0 Å². The van der Waals surface area contributed by atoms with Crippen LogP contribution in [0.4, 0.5) is 8.78 Å². The lowest BCUT2D eigenvalue weighted by atomic mass is 10.0. The van der Waals surface area contributed by atoms with Gasteiger partial charge in [0, 0.05) is 4.47 Å². The van der Waals surface area contributed by atoms with Crippen molar-refractivity contribution in [2.75, 3.05) is 0 Å². The molecule has 18 heavy (non-hydrogen) atoms. The third-order valence-electron chi connectivity index (χ3n) is 2.61. The second kappa shape index (κ2) is 4.98. The molecule has 0 saturated carbocycles. The van der Waals surface area contributed by atoms with Crippen LogP contribution in [0, 0.1) is 18.6 Å². The van der Waals surface area contributed by atoms with Crippen molar-refractivity contribution < 1.29 is 13.6 Å². The summed E-state index contributed by atoms with van der Waals surface area (Å²) in [6.45, 7) is 1.56. The summed E-state index contributed by atoms with van der Waals surface area (Å²) < 4.78 is 28.0. The first-order valence-electron chi connectivity index (χ1n) is 5.25. The average molecular weight is 311 g/mol. The van der Waals surface area contributed by atoms with Crippen LogP contribution in [-0.2, 0) is 0 Å². The van der Waals surface area contributed by atoms with Crippen molar-refractivity contribution >= 4 is 21.7 Å². The maximum Gasteiger partial charge on any atom is 0.198 e. The van der Waals surface area contributed by atoms with E-state index < -0.39 is 17.4 Å². The fourth-order valence-electron chi connectivity index (χ4n) is 1.64. The lowest BCUT2D eigenvalue weighted by molar-refractivity contribution is 0.103. The van der Waals surface area contributed by atoms with Crippen molar-refractivity contribution in [2.24, 2.45) is 0 Å². The first-order chi connectivity index (χ1) is 8.50. The topological polar surface area (TPSA) is 17.1 Å². The molecule has 2 aromatic rings. The number of carbonyl (C=O) groups is 1. The standard InChI is InChI=1S/C14H9BrF2O/c1-8-3-2-4-10(13(8)17)14(18)11-7-9(15)5-6-12(11)16/h2-7H,1H3. The summed E-state index contributed by atoms with van der Waals surface area (Å²) in [7, 11) is 0. The van der Waals surface area contributed by atoms with Gasteiger partial charge in [-0.15, -0.1) is 0 Å². The van der Waals surface area contributed by atoms with Gasteiger partial charge >= 0.3 is 0 Å². The third kappa shape index (κ3) is 2.34. The molecule has 2 rings (SSSR count). The molecule has 4 heteroatoms. The number of benzene rings is 2. The van der Waals surface area contributed by atoms with Crippen molar-refractivity contribution in [3.63, 3.8) is 0 Å². The summed E-state index contributed by atoms with van der Waals surface area (Å²) in [5.41, 5.74) is 0.0946. The Morgan fingerprint density at radius 2 is 1.83 bits per heavy atom. The lowest BCUT2D eigenvalue weighted by Crippen LogP contribution is -2.07. The molecule has 1 nitrogen and oxygen atoms in total. The highest BCUT2D eigenvalue weighted by molar-refractivity contribution is 9.10. The number of rotatable bonds is 2. The summed E-state index contributed by atoms with van der Waals surface area (Å²) >= 11 is 3.16. The molecule has 0 aliphatic heterocycles. The first kappa shape index (κ1) is 12.9. The Morgan fingerprint density at radius 3 is 2.56 bits per heavy atom. The monoisotopic (exact) mass is 310 g/mol. The molecule has 0 N–H and O–H groups in total. The Hall–Kier alpha value is -1.55. The van der Waals surface area contributed by atoms with Gasteiger partial charge in [0.15, 0.2) is 5.78 Å². The van der Waals surface area contributed by atoms with Crippen molar-refractivity contribution in [1.29, 1.82) is 0 Å². The van der Waals surface area contributed by atoms with Crippen molar-refractivity contribution in [2.45, 2.75) is 6.92 Å². The summed E-state index contributed by atoms with van der Waals surface area (Å²) in [4.78, 5) is 12.1. The maximum atomic E-state index is 13.8. The predicted octanol–water partition coefficient (Wildman–Crippen LogP) is 4.27. The second-order valence-electron chi connectivity index (χ2n) is 3.89. The summed E-state index contributed by atoms with van der Waals surface area (Å²) in [6.07, 6.45) is 0. The van der Waals surface area contributed by atoms with E-state index in [-0.39, 0.29) is 11.1 Å². The normalized spacial score (nSPS) is 10.4. The van der Waals surface area contributed by atoms with Crippen LogP contribution in [0.15, 0.2) is 40.9 Å². The SMILES string of the molecule is Cc1cccc(C(=O)c2cc(Br)ccc2F)c1F. The molecular formula is C14H9BrF2O. The van der Waals surface area contributed by atoms with Gasteiger partial charge < -0.3 is 0 Å². The Kier molecular flexibility index (Phi) is 3.57. The fraction of sp³-hybridized carbons (Fsp3) is 0.0714. The van der Waals surface area contributed by atoms with E-state index >= 15 is 0 Å². The summed E-state index contributed by atoms with van der Waals surface area (Å²) in [5.74, 6) is -1.93. The highest BCUT2D eigenvalue weighted by Crippen LogP contribution is 2.21. The van der Waals surface area contributed by atoms with E-state index in [9.17, 15) is 13.6 Å². The Balaban J connectivity index is 2.55. The molecule has 0 saturated heterocycles. The molecule has 0 amide bonds. The highest BCUT2D eigenvalue weighted by atomic mass is 79.9. The Morgan fingerprint density at radius 1 is 1.11 bits per heavy atom. The predicted molar refractivity (Wildman–Crippen MR) is 68.7 cm³/mol. The molecule has 0 unspecified atom stereocenters. The minimum atomic E-state index is -0.663. The summed E-state index contributed by atoms with van der Waals surface area (Å²) in [5, 5.41) is 0. The van der Waals surface area contributed by atoms with Gasteiger partial charge in [0.2, 0.25) is 0 Å². The molecule has 0 spiro atoms. The van der Waals surface area contributed by atoms with E-state index in [1.54, 1.807) is 19.1 Å². The van der Waals surface area contributed by atoms with E-state index in [1.165, 1.54) is 24.3 Å². The van der Waals surface area contributed by atoms with E-state index in [1.807, 2.05) is 0 Å². The quantitative estimate of drug-likeness (QED) is 0.757. The van der Waals surface area contributed by atoms with Gasteiger partial charge in [-0.1, -0.05) is 28.1 Å². The second-order valence-corrected chi connectivity index (χ2v) is 4.81. The van der Waals surface area contributed by atoms with Crippen LogP contribution in [0.25, 0.3) is 0 Å². The minimum Gasteiger partial charge on any atom is -0.288 e. The van der Waals surface area contributed by atoms with E-state index in [2.05, 4.69) is 15.9 Å². The summed E-state index contributed by atoms with van der Waals surface area (Å²) in [6, 6.07) is 8.49. The van der Waals surface area contributed by atoms with Crippen LogP contribution in [-0.4, -0.2) is 5.78 Å². The fourth-order valence-corrected chi connectivity index (χ4v) is 2.00. The van der Waals surface area contributed by atoms with Crippen molar-refractivity contribution in [1.82, 2.24) is 0 Å². The van der Waals surface area contributed by atoms with Crippen LogP contribution in [0.2, 0.25) is 0 Å². The molecule has 0 fully saturated rings. The van der Waals surface area contributed by atoms with E-state index in [0.29, 0.717) is 10.0 Å². The van der Waals surface area contributed by atoms with Gasteiger partial charge in [0.05, 0.1) is 11.1 Å². The molecule has 92 valence electrons. The van der Waals surface area contributed by atoms with Gasteiger partial charge in [-0.2, -0.15) is 0 Å². The molecule has 0 aliphatic rings. The van der Waals surface area contributed by atoms with Crippen molar-refractivity contribution in [3.8, 4) is 0 Å². The van der Waals surface area contributed by atoms with Crippen LogP contribution in [0.1, 0.15) is 21.5 Å². The number of hydrogen-bond acceptors (Lipinski definition) is 1. The zero-order chi connectivity index (χ0) is 13.3. The Labute approximate surface area is 112 Å². The molecule has 0 atom stereocenters. The van der Waals surface area contributed by atoms with Gasteiger partial charge in [0.1, 0.15) is 11.6 Å². The first-order valence-corrected chi connectivity index (χ1v) is 6.05. The largest absolute Gasteiger partial charge is 0.288 e. The zero-order valence-corrected chi connectivity index (χ0v) is 11.1. The molecule has 0 heterocycles. The van der Waals surface area contributed by atoms with Gasteiger partial charge in [-0.25, -0.2) is 8.78 Å². The Bertz CT molecular complexity index is 619. The molecule has 0 aliphatic carbocycles. The number of halogens is 3. The maximum absolute atomic E-state index is 13.8. The van der Waals surface area contributed by atoms with Gasteiger partial charge in [0.25, 0.3) is 0 Å². The van der Waals surface area contributed by atoms with Crippen LogP contribution in [0.5, 0.6) is 0 Å². The number of carbonyl (C=O) groups excluding carboxylic acids is 1. The average Bonchev–Trinajstić information content (AvgIpc) is 2.35. The molecule has 2 aromatic carbocycles. The van der Waals surface area contributed by atoms with Gasteiger partial charge in [-0.3, -0.25) is 4.79 Å². The van der Waals surface area contributed by atoms with E-state index in [0.717, 1.165) is 0 Å².